The minimum absolute atomic E-state index is 0.0325. The van der Waals surface area contributed by atoms with Gasteiger partial charge in [0.2, 0.25) is 0 Å². The number of amides is 2. The standard InChI is InChI=1S/C25H21ClF3N3O4/c1-35-19-7-8-21(20(26)12-19)36-32(15-16-5-3-2-4-6-16)23(34)24(9-10-24)31-22(33)17-11-18(14-30-13-17)25(27,28)29/h2-8,11-14H,9-10,15H2,1H3,(H,31,33). The molecule has 0 atom stereocenters. The van der Waals surface area contributed by atoms with Crippen LogP contribution in [-0.4, -0.2) is 34.5 Å². The van der Waals surface area contributed by atoms with E-state index in [0.29, 0.717) is 18.0 Å². The van der Waals surface area contributed by atoms with E-state index >= 15 is 0 Å². The van der Waals surface area contributed by atoms with E-state index in [9.17, 15) is 22.8 Å². The number of nitrogens with one attached hydrogen (secondary N) is 1. The van der Waals surface area contributed by atoms with Crippen LogP contribution in [0.1, 0.15) is 34.3 Å². The van der Waals surface area contributed by atoms with Crippen LogP contribution in [0.3, 0.4) is 0 Å². The number of nitrogens with zero attached hydrogens (tertiary/aromatic N) is 2. The first-order chi connectivity index (χ1) is 17.1. The Bertz CT molecular complexity index is 1270. The molecule has 1 aliphatic rings. The Morgan fingerprint density at radius 3 is 2.44 bits per heavy atom. The summed E-state index contributed by atoms with van der Waals surface area (Å²) in [6.45, 7) is 0.0325. The molecule has 7 nitrogen and oxygen atoms in total. The van der Waals surface area contributed by atoms with Crippen LogP contribution in [0.4, 0.5) is 13.2 Å². The van der Waals surface area contributed by atoms with Crippen molar-refractivity contribution in [2.45, 2.75) is 31.1 Å². The highest BCUT2D eigenvalue weighted by molar-refractivity contribution is 6.32. The van der Waals surface area contributed by atoms with Crippen molar-refractivity contribution < 1.29 is 32.3 Å². The van der Waals surface area contributed by atoms with Gasteiger partial charge in [0.15, 0.2) is 5.75 Å². The van der Waals surface area contributed by atoms with Crippen LogP contribution < -0.4 is 14.9 Å². The van der Waals surface area contributed by atoms with Gasteiger partial charge in [-0.3, -0.25) is 14.6 Å². The van der Waals surface area contributed by atoms with Crippen molar-refractivity contribution in [2.24, 2.45) is 0 Å². The topological polar surface area (TPSA) is 80.8 Å². The van der Waals surface area contributed by atoms with Gasteiger partial charge >= 0.3 is 6.18 Å². The second kappa shape index (κ2) is 10.1. The third kappa shape index (κ3) is 5.71. The first kappa shape index (κ1) is 25.3. The Morgan fingerprint density at radius 2 is 1.83 bits per heavy atom. The number of halogens is 4. The molecule has 2 aromatic carbocycles. The zero-order valence-corrected chi connectivity index (χ0v) is 19.8. The molecule has 1 heterocycles. The number of benzene rings is 2. The van der Waals surface area contributed by atoms with Gasteiger partial charge in [-0.05, 0) is 36.6 Å². The van der Waals surface area contributed by atoms with Crippen LogP contribution in [0.15, 0.2) is 67.0 Å². The Balaban J connectivity index is 1.57. The van der Waals surface area contributed by atoms with Crippen molar-refractivity contribution in [3.8, 4) is 11.5 Å². The molecule has 11 heteroatoms. The molecule has 0 spiro atoms. The number of hydrogen-bond acceptors (Lipinski definition) is 5. The molecule has 188 valence electrons. The highest BCUT2D eigenvalue weighted by atomic mass is 35.5. The van der Waals surface area contributed by atoms with Crippen LogP contribution in [0.5, 0.6) is 11.5 Å². The van der Waals surface area contributed by atoms with Gasteiger partial charge in [-0.15, -0.1) is 0 Å². The average Bonchev–Trinajstić information content (AvgIpc) is 3.65. The maximum Gasteiger partial charge on any atom is 0.417 e. The molecule has 4 rings (SSSR count). The molecular formula is C25H21ClF3N3O4. The third-order valence-electron chi connectivity index (χ3n) is 5.58. The van der Waals surface area contributed by atoms with Gasteiger partial charge in [-0.2, -0.15) is 18.2 Å². The molecule has 1 N–H and O–H groups in total. The van der Waals surface area contributed by atoms with Crippen LogP contribution >= 0.6 is 11.6 Å². The number of rotatable bonds is 8. The van der Waals surface area contributed by atoms with Crippen LogP contribution in [0.25, 0.3) is 0 Å². The highest BCUT2D eigenvalue weighted by Gasteiger charge is 2.54. The van der Waals surface area contributed by atoms with E-state index in [4.69, 9.17) is 21.2 Å². The minimum atomic E-state index is -4.66. The zero-order valence-electron chi connectivity index (χ0n) is 19.0. The summed E-state index contributed by atoms with van der Waals surface area (Å²) in [5.41, 5.74) is -1.95. The number of methoxy groups -OCH3 is 1. The van der Waals surface area contributed by atoms with Gasteiger partial charge in [0.25, 0.3) is 11.8 Å². The van der Waals surface area contributed by atoms with E-state index in [1.165, 1.54) is 13.2 Å². The quantitative estimate of drug-likeness (QED) is 0.421. The lowest BCUT2D eigenvalue weighted by molar-refractivity contribution is -0.163. The predicted molar refractivity (Wildman–Crippen MR) is 124 cm³/mol. The molecule has 1 fully saturated rings. The van der Waals surface area contributed by atoms with Crippen LogP contribution in [0, 0.1) is 0 Å². The van der Waals surface area contributed by atoms with Gasteiger partial charge in [-0.25, -0.2) is 0 Å². The van der Waals surface area contributed by atoms with E-state index in [1.807, 2.05) is 6.07 Å². The van der Waals surface area contributed by atoms with E-state index in [-0.39, 0.29) is 35.7 Å². The maximum absolute atomic E-state index is 13.6. The summed E-state index contributed by atoms with van der Waals surface area (Å²) < 4.78 is 44.3. The van der Waals surface area contributed by atoms with E-state index in [2.05, 4.69) is 10.3 Å². The van der Waals surface area contributed by atoms with Crippen molar-refractivity contribution in [3.05, 3.63) is 88.7 Å². The molecule has 1 saturated carbocycles. The molecule has 0 aliphatic heterocycles. The molecule has 1 aromatic heterocycles. The van der Waals surface area contributed by atoms with Crippen molar-refractivity contribution in [1.82, 2.24) is 15.4 Å². The second-order valence-electron chi connectivity index (χ2n) is 8.21. The average molecular weight is 520 g/mol. The Labute approximate surface area is 209 Å². The fourth-order valence-electron chi connectivity index (χ4n) is 3.46. The third-order valence-corrected chi connectivity index (χ3v) is 5.88. The van der Waals surface area contributed by atoms with Crippen molar-refractivity contribution >= 4 is 23.4 Å². The van der Waals surface area contributed by atoms with Gasteiger partial charge in [0.1, 0.15) is 11.3 Å². The molecule has 0 unspecified atom stereocenters. The number of hydroxylamine groups is 2. The molecule has 0 radical (unpaired) electrons. The summed E-state index contributed by atoms with van der Waals surface area (Å²) in [4.78, 5) is 35.8. The van der Waals surface area contributed by atoms with Gasteiger partial charge < -0.3 is 14.9 Å². The molecule has 3 aromatic rings. The largest absolute Gasteiger partial charge is 0.497 e. The van der Waals surface area contributed by atoms with Crippen LogP contribution in [-0.2, 0) is 17.5 Å². The summed E-state index contributed by atoms with van der Waals surface area (Å²) in [5.74, 6) is -0.729. The number of pyridine rings is 1. The molecule has 0 saturated heterocycles. The number of alkyl halides is 3. The van der Waals surface area contributed by atoms with Crippen molar-refractivity contribution in [3.63, 3.8) is 0 Å². The summed E-state index contributed by atoms with van der Waals surface area (Å²) in [6, 6.07) is 14.4. The number of carbonyl (C=O) groups is 2. The lowest BCUT2D eigenvalue weighted by Gasteiger charge is -2.28. The fourth-order valence-corrected chi connectivity index (χ4v) is 3.67. The van der Waals surface area contributed by atoms with E-state index < -0.39 is 29.1 Å². The normalized spacial score (nSPS) is 14.0. The number of carbonyl (C=O) groups excluding carboxylic acids is 2. The molecule has 36 heavy (non-hydrogen) atoms. The van der Waals surface area contributed by atoms with Gasteiger partial charge in [0.05, 0.1) is 29.8 Å². The monoisotopic (exact) mass is 519 g/mol. The summed E-state index contributed by atoms with van der Waals surface area (Å²) in [6.07, 6.45) is -2.44. The van der Waals surface area contributed by atoms with Crippen LogP contribution in [0.2, 0.25) is 5.02 Å². The lowest BCUT2D eigenvalue weighted by atomic mass is 10.1. The summed E-state index contributed by atoms with van der Waals surface area (Å²) >= 11 is 6.29. The smallest absolute Gasteiger partial charge is 0.417 e. The van der Waals surface area contributed by atoms with Gasteiger partial charge in [0, 0.05) is 18.5 Å². The number of aromatic nitrogens is 1. The van der Waals surface area contributed by atoms with Crippen molar-refractivity contribution in [1.29, 1.82) is 0 Å². The predicted octanol–water partition coefficient (Wildman–Crippen LogP) is 5.05. The summed E-state index contributed by atoms with van der Waals surface area (Å²) in [7, 11) is 1.48. The van der Waals surface area contributed by atoms with Gasteiger partial charge in [-0.1, -0.05) is 41.9 Å². The number of ether oxygens (including phenoxy) is 1. The highest BCUT2D eigenvalue weighted by Crippen LogP contribution is 2.39. The Kier molecular flexibility index (Phi) is 7.07. The maximum atomic E-state index is 13.6. The second-order valence-corrected chi connectivity index (χ2v) is 8.62. The Hall–Kier alpha value is -3.79. The van der Waals surface area contributed by atoms with E-state index in [0.717, 1.165) is 16.8 Å². The molecule has 2 amide bonds. The first-order valence-corrected chi connectivity index (χ1v) is 11.2. The van der Waals surface area contributed by atoms with E-state index in [1.54, 1.807) is 36.4 Å². The number of hydrogen-bond donors (Lipinski definition) is 1. The zero-order chi connectivity index (χ0) is 25.9. The molecule has 0 bridgehead atoms. The summed E-state index contributed by atoms with van der Waals surface area (Å²) in [5, 5.41) is 3.86. The SMILES string of the molecule is COc1ccc(ON(Cc2ccccc2)C(=O)C2(NC(=O)c3cncc(C(F)(F)F)c3)CC2)c(Cl)c1. The minimum Gasteiger partial charge on any atom is -0.497 e. The fraction of sp³-hybridized carbons (Fsp3) is 0.240. The van der Waals surface area contributed by atoms with Crippen molar-refractivity contribution in [2.75, 3.05) is 7.11 Å². The first-order valence-electron chi connectivity index (χ1n) is 10.8. The molecule has 1 aliphatic carbocycles. The lowest BCUT2D eigenvalue weighted by Crippen LogP contribution is -2.51. The molecular weight excluding hydrogens is 499 g/mol. The Morgan fingerprint density at radius 1 is 1.11 bits per heavy atom.